The van der Waals surface area contributed by atoms with Gasteiger partial charge >= 0.3 is 0 Å². The first-order valence-corrected chi connectivity index (χ1v) is 9.87. The summed E-state index contributed by atoms with van der Waals surface area (Å²) in [5.74, 6) is 0.235. The Balaban J connectivity index is 1.87. The van der Waals surface area contributed by atoms with E-state index >= 15 is 0 Å². The second kappa shape index (κ2) is 7.71. The predicted octanol–water partition coefficient (Wildman–Crippen LogP) is 5.46. The van der Waals surface area contributed by atoms with Crippen molar-refractivity contribution in [3.63, 3.8) is 0 Å². The summed E-state index contributed by atoms with van der Waals surface area (Å²) in [4.78, 5) is 20.9. The third kappa shape index (κ3) is 4.15. The maximum atomic E-state index is 12.7. The van der Waals surface area contributed by atoms with Gasteiger partial charge in [0.15, 0.2) is 5.78 Å². The molecule has 4 heteroatoms. The number of aliphatic hydroxyl groups is 1. The van der Waals surface area contributed by atoms with E-state index in [9.17, 15) is 9.90 Å². The van der Waals surface area contributed by atoms with Crippen molar-refractivity contribution in [2.75, 3.05) is 6.54 Å². The van der Waals surface area contributed by atoms with Crippen LogP contribution in [0, 0.1) is 12.3 Å². The molecule has 0 bridgehead atoms. The molecule has 4 nitrogen and oxygen atoms in total. The number of nitrogens with zero attached hydrogens (tertiary/aromatic N) is 1. The van der Waals surface area contributed by atoms with Crippen LogP contribution < -0.4 is 0 Å². The van der Waals surface area contributed by atoms with Crippen molar-refractivity contribution in [1.29, 1.82) is 0 Å². The molecule has 1 aliphatic rings. The number of nitrogens with one attached hydrogen (secondary N) is 1. The topological polar surface area (TPSA) is 65.4 Å². The first-order valence-electron chi connectivity index (χ1n) is 9.87. The number of aromatic amines is 1. The maximum absolute atomic E-state index is 12.7. The Labute approximate surface area is 161 Å². The van der Waals surface area contributed by atoms with Gasteiger partial charge in [0.1, 0.15) is 5.76 Å². The summed E-state index contributed by atoms with van der Waals surface area (Å²) in [5.41, 5.74) is 4.74. The molecule has 0 spiro atoms. The van der Waals surface area contributed by atoms with Gasteiger partial charge in [-0.3, -0.25) is 9.79 Å². The fourth-order valence-corrected chi connectivity index (χ4v) is 4.07. The summed E-state index contributed by atoms with van der Waals surface area (Å²) in [6.45, 7) is 8.90. The van der Waals surface area contributed by atoms with Crippen molar-refractivity contribution in [3.8, 4) is 0 Å². The number of H-pyrrole nitrogens is 1. The predicted molar refractivity (Wildman–Crippen MR) is 112 cm³/mol. The Morgan fingerprint density at radius 2 is 2.00 bits per heavy atom. The Bertz CT molecular complexity index is 916. The highest BCUT2D eigenvalue weighted by atomic mass is 16.3. The zero-order valence-electron chi connectivity index (χ0n) is 16.9. The van der Waals surface area contributed by atoms with Crippen LogP contribution in [0.25, 0.3) is 10.9 Å². The standard InChI is InChI=1S/C23H30N2O2/c1-5-8-20(26)22-19(13-23(3,4)14-21(22)27)24-12-11-16-15(2)25-18-10-7-6-9-17(16)18/h6-7,9-10,25-26H,5,8,11-14H2,1-4H3. The summed E-state index contributed by atoms with van der Waals surface area (Å²) < 4.78 is 0. The largest absolute Gasteiger partial charge is 0.511 e. The van der Waals surface area contributed by atoms with Gasteiger partial charge in [-0.15, -0.1) is 0 Å². The van der Waals surface area contributed by atoms with Crippen molar-refractivity contribution in [3.05, 3.63) is 46.9 Å². The van der Waals surface area contributed by atoms with Gasteiger partial charge in [-0.25, -0.2) is 0 Å². The molecule has 1 fully saturated rings. The van der Waals surface area contributed by atoms with Crippen LogP contribution in [0.2, 0.25) is 0 Å². The molecule has 1 aromatic heterocycles. The molecule has 1 heterocycles. The lowest BCUT2D eigenvalue weighted by molar-refractivity contribution is -0.117. The van der Waals surface area contributed by atoms with Crippen LogP contribution in [0.15, 0.2) is 40.6 Å². The van der Waals surface area contributed by atoms with Gasteiger partial charge < -0.3 is 10.1 Å². The normalized spacial score (nSPS) is 20.4. The quantitative estimate of drug-likeness (QED) is 0.545. The minimum Gasteiger partial charge on any atom is -0.511 e. The van der Waals surface area contributed by atoms with Crippen LogP contribution in [0.4, 0.5) is 0 Å². The SMILES string of the molecule is CCCC(O)=C1C(=O)CC(C)(C)CC1=NCCc1c(C)[nH]c2ccccc12. The summed E-state index contributed by atoms with van der Waals surface area (Å²) >= 11 is 0. The van der Waals surface area contributed by atoms with E-state index in [4.69, 9.17) is 4.99 Å². The first kappa shape index (κ1) is 19.4. The van der Waals surface area contributed by atoms with E-state index in [1.807, 2.05) is 13.0 Å². The average Bonchev–Trinajstić information content (AvgIpc) is 2.89. The molecule has 2 aromatic rings. The number of aryl methyl sites for hydroxylation is 1. The highest BCUT2D eigenvalue weighted by Crippen LogP contribution is 2.36. The maximum Gasteiger partial charge on any atom is 0.168 e. The lowest BCUT2D eigenvalue weighted by Gasteiger charge is -2.31. The second-order valence-corrected chi connectivity index (χ2v) is 8.37. The average molecular weight is 367 g/mol. The van der Waals surface area contributed by atoms with Crippen molar-refractivity contribution < 1.29 is 9.90 Å². The number of hydrogen-bond acceptors (Lipinski definition) is 3. The van der Waals surface area contributed by atoms with E-state index in [1.165, 1.54) is 16.6 Å². The number of ketones is 1. The van der Waals surface area contributed by atoms with Gasteiger partial charge in [0.05, 0.1) is 5.57 Å². The van der Waals surface area contributed by atoms with Crippen LogP contribution in [0.1, 0.15) is 57.7 Å². The number of para-hydroxylation sites is 1. The first-order chi connectivity index (χ1) is 12.8. The Kier molecular flexibility index (Phi) is 5.54. The van der Waals surface area contributed by atoms with Crippen molar-refractivity contribution in [2.45, 2.75) is 59.8 Å². The van der Waals surface area contributed by atoms with E-state index in [0.29, 0.717) is 25.0 Å². The summed E-state index contributed by atoms with van der Waals surface area (Å²) in [6.07, 6.45) is 3.36. The second-order valence-electron chi connectivity index (χ2n) is 8.37. The van der Waals surface area contributed by atoms with Crippen molar-refractivity contribution in [1.82, 2.24) is 4.98 Å². The molecule has 27 heavy (non-hydrogen) atoms. The van der Waals surface area contributed by atoms with E-state index in [2.05, 4.69) is 44.0 Å². The third-order valence-corrected chi connectivity index (χ3v) is 5.32. The minimum atomic E-state index is -0.109. The summed E-state index contributed by atoms with van der Waals surface area (Å²) in [7, 11) is 0. The van der Waals surface area contributed by atoms with Gasteiger partial charge in [0.2, 0.25) is 0 Å². The lowest BCUT2D eigenvalue weighted by Crippen LogP contribution is -2.33. The molecular weight excluding hydrogens is 336 g/mol. The van der Waals surface area contributed by atoms with Crippen LogP contribution in [-0.4, -0.2) is 28.1 Å². The number of aliphatic imine (C=N–C) groups is 1. The molecule has 0 radical (unpaired) electrons. The molecule has 0 amide bonds. The van der Waals surface area contributed by atoms with Gasteiger partial charge in [-0.1, -0.05) is 39.0 Å². The van der Waals surface area contributed by atoms with Crippen LogP contribution in [0.3, 0.4) is 0 Å². The Morgan fingerprint density at radius 3 is 2.74 bits per heavy atom. The number of carbonyl (C=O) groups excluding carboxylic acids is 1. The lowest BCUT2D eigenvalue weighted by atomic mass is 9.73. The van der Waals surface area contributed by atoms with Gasteiger partial charge in [0, 0.05) is 41.7 Å². The molecule has 0 unspecified atom stereocenters. The summed E-state index contributed by atoms with van der Waals surface area (Å²) in [6, 6.07) is 8.30. The van der Waals surface area contributed by atoms with Crippen LogP contribution in [0.5, 0.6) is 0 Å². The van der Waals surface area contributed by atoms with Gasteiger partial charge in [-0.05, 0) is 43.2 Å². The molecular formula is C23H30N2O2. The fourth-order valence-electron chi connectivity index (χ4n) is 4.07. The third-order valence-electron chi connectivity index (χ3n) is 5.32. The molecule has 3 rings (SSSR count). The van der Waals surface area contributed by atoms with E-state index in [0.717, 1.165) is 30.5 Å². The monoisotopic (exact) mass is 366 g/mol. The summed E-state index contributed by atoms with van der Waals surface area (Å²) in [5, 5.41) is 11.7. The number of aromatic nitrogens is 1. The number of benzene rings is 1. The van der Waals surface area contributed by atoms with E-state index in [-0.39, 0.29) is 17.0 Å². The molecule has 2 N–H and O–H groups in total. The highest BCUT2D eigenvalue weighted by molar-refractivity contribution is 6.24. The molecule has 1 aromatic carbocycles. The van der Waals surface area contributed by atoms with Gasteiger partial charge in [-0.2, -0.15) is 0 Å². The fraction of sp³-hybridized carbons (Fsp3) is 0.478. The molecule has 1 saturated carbocycles. The van der Waals surface area contributed by atoms with Crippen LogP contribution in [-0.2, 0) is 11.2 Å². The molecule has 144 valence electrons. The molecule has 1 aliphatic carbocycles. The molecule has 0 saturated heterocycles. The number of rotatable bonds is 5. The molecule has 0 atom stereocenters. The van der Waals surface area contributed by atoms with E-state index in [1.54, 1.807) is 0 Å². The number of Topliss-reactive ketones (excluding diaryl/α,β-unsaturated/α-hetero) is 1. The smallest absolute Gasteiger partial charge is 0.168 e. The number of carbonyl (C=O) groups is 1. The number of aliphatic hydroxyl groups excluding tert-OH is 1. The number of allylic oxidation sites excluding steroid dienone is 2. The van der Waals surface area contributed by atoms with E-state index < -0.39 is 0 Å². The Morgan fingerprint density at radius 1 is 1.26 bits per heavy atom. The van der Waals surface area contributed by atoms with Crippen molar-refractivity contribution >= 4 is 22.4 Å². The number of fused-ring (bicyclic) bond motifs is 1. The van der Waals surface area contributed by atoms with Gasteiger partial charge in [0.25, 0.3) is 0 Å². The minimum absolute atomic E-state index is 0.0271. The zero-order chi connectivity index (χ0) is 19.6. The van der Waals surface area contributed by atoms with Crippen LogP contribution >= 0.6 is 0 Å². The zero-order valence-corrected chi connectivity index (χ0v) is 16.9. The highest BCUT2D eigenvalue weighted by Gasteiger charge is 2.35. The molecule has 0 aliphatic heterocycles. The van der Waals surface area contributed by atoms with Crippen molar-refractivity contribution in [2.24, 2.45) is 10.4 Å². The number of hydrogen-bond donors (Lipinski definition) is 2. The Hall–Kier alpha value is -2.36.